The van der Waals surface area contributed by atoms with Crippen molar-refractivity contribution in [3.8, 4) is 0 Å². The Hall–Kier alpha value is -3.87. The van der Waals surface area contributed by atoms with Gasteiger partial charge in [0.1, 0.15) is 17.8 Å². The van der Waals surface area contributed by atoms with Gasteiger partial charge in [-0.3, -0.25) is 19.3 Å². The van der Waals surface area contributed by atoms with E-state index in [9.17, 15) is 44.4 Å². The molecule has 17 heteroatoms. The van der Waals surface area contributed by atoms with Crippen LogP contribution >= 0.6 is 0 Å². The van der Waals surface area contributed by atoms with Gasteiger partial charge >= 0.3 is 12.1 Å². The minimum absolute atomic E-state index is 0.152. The average Bonchev–Trinajstić information content (AvgIpc) is 3.50. The molecule has 7 atom stereocenters. The summed E-state index contributed by atoms with van der Waals surface area (Å²) >= 11 is 0. The third-order valence-corrected chi connectivity index (χ3v) is 10.2. The molecule has 53 heavy (non-hydrogen) atoms. The number of carbonyl (C=O) groups excluding carboxylic acids is 4. The molecule has 0 bridgehead atoms. The molecule has 17 nitrogen and oxygen atoms in total. The van der Waals surface area contributed by atoms with Crippen molar-refractivity contribution in [2.24, 2.45) is 0 Å². The van der Waals surface area contributed by atoms with E-state index >= 15 is 0 Å². The smallest absolute Gasteiger partial charge is 0.410 e. The lowest BCUT2D eigenvalue weighted by Gasteiger charge is -2.49. The van der Waals surface area contributed by atoms with Crippen molar-refractivity contribution in [1.82, 2.24) is 25.8 Å². The third kappa shape index (κ3) is 9.63. The van der Waals surface area contributed by atoms with Gasteiger partial charge in [-0.2, -0.15) is 0 Å². The zero-order chi connectivity index (χ0) is 39.5. The number of hydrogen-bond acceptors (Lipinski definition) is 12. The van der Waals surface area contributed by atoms with Gasteiger partial charge in [0.2, 0.25) is 5.91 Å². The number of rotatable bonds is 11. The fourth-order valence-electron chi connectivity index (χ4n) is 7.53. The Morgan fingerprint density at radius 1 is 1.08 bits per heavy atom. The first kappa shape index (κ1) is 41.9. The van der Waals surface area contributed by atoms with Crippen molar-refractivity contribution in [2.45, 2.75) is 108 Å². The molecule has 3 aliphatic rings. The molecule has 0 aromatic heterocycles. The summed E-state index contributed by atoms with van der Waals surface area (Å²) in [4.78, 5) is 67.0. The number of aliphatic hydroxyl groups is 3. The van der Waals surface area contributed by atoms with Gasteiger partial charge in [0.15, 0.2) is 5.60 Å². The summed E-state index contributed by atoms with van der Waals surface area (Å²) in [5.41, 5.74) is -1.61. The molecule has 296 valence electrons. The van der Waals surface area contributed by atoms with Crippen molar-refractivity contribution < 1.29 is 58.6 Å². The predicted octanol–water partition coefficient (Wildman–Crippen LogP) is -0.306. The zero-order valence-corrected chi connectivity index (χ0v) is 31.6. The second-order valence-electron chi connectivity index (χ2n) is 15.4. The number of hydrogen-bond donors (Lipinski definition) is 7. The molecule has 4 amide bonds. The number of aliphatic hydroxyl groups excluding tert-OH is 3. The second kappa shape index (κ2) is 16.7. The van der Waals surface area contributed by atoms with Crippen LogP contribution in [0.25, 0.3) is 0 Å². The monoisotopic (exact) mass is 749 g/mol. The fraction of sp³-hybridized carbons (Fsp3) is 0.694. The summed E-state index contributed by atoms with van der Waals surface area (Å²) in [5.74, 6) is -2.91. The Morgan fingerprint density at radius 3 is 2.32 bits per heavy atom. The van der Waals surface area contributed by atoms with Crippen molar-refractivity contribution in [3.63, 3.8) is 0 Å². The highest BCUT2D eigenvalue weighted by molar-refractivity contribution is 6.00. The van der Waals surface area contributed by atoms with E-state index in [-0.39, 0.29) is 24.4 Å². The maximum Gasteiger partial charge on any atom is 0.410 e. The number of amides is 4. The topological polar surface area (TPSA) is 237 Å². The van der Waals surface area contributed by atoms with Gasteiger partial charge in [0.25, 0.3) is 11.8 Å². The number of benzene rings is 1. The lowest BCUT2D eigenvalue weighted by Crippen LogP contribution is -2.68. The van der Waals surface area contributed by atoms with Crippen molar-refractivity contribution in [1.29, 1.82) is 0 Å². The van der Waals surface area contributed by atoms with Crippen LogP contribution in [0.1, 0.15) is 78.8 Å². The fourth-order valence-corrected chi connectivity index (χ4v) is 7.53. The van der Waals surface area contributed by atoms with Crippen LogP contribution in [-0.2, 0) is 23.8 Å². The summed E-state index contributed by atoms with van der Waals surface area (Å²) in [5, 5.41) is 52.0. The number of carboxylic acids is 1. The maximum atomic E-state index is 13.1. The largest absolute Gasteiger partial charge is 0.479 e. The molecule has 0 aliphatic carbocycles. The third-order valence-electron chi connectivity index (χ3n) is 10.2. The normalized spacial score (nSPS) is 27.5. The number of carboxylic acid groups (broad SMARTS) is 1. The Labute approximate surface area is 309 Å². The van der Waals surface area contributed by atoms with Crippen LogP contribution in [0.2, 0.25) is 0 Å². The van der Waals surface area contributed by atoms with E-state index in [0.29, 0.717) is 56.0 Å². The predicted molar refractivity (Wildman–Crippen MR) is 189 cm³/mol. The number of morpholine rings is 1. The van der Waals surface area contributed by atoms with E-state index in [1.54, 1.807) is 39.5 Å². The van der Waals surface area contributed by atoms with Crippen LogP contribution in [0, 0.1) is 13.8 Å². The first-order valence-electron chi connectivity index (χ1n) is 17.9. The Balaban J connectivity index is 1.50. The minimum atomic E-state index is -2.05. The molecule has 7 N–H and O–H groups in total. The number of nitrogens with one attached hydrogen (secondary N) is 3. The van der Waals surface area contributed by atoms with Gasteiger partial charge in [-0.15, -0.1) is 0 Å². The molecule has 1 aromatic rings. The lowest BCUT2D eigenvalue weighted by molar-refractivity contribution is -0.231. The molecule has 0 unspecified atom stereocenters. The molecule has 3 fully saturated rings. The van der Waals surface area contributed by atoms with Gasteiger partial charge in [0, 0.05) is 70.7 Å². The SMILES string of the molecule is CNC(=O)c1c(C)cc(C(=O)NC[C@@H](O)[C@@H](O)[C@@H]2O[C@@](CCN3CCOC[C@@]34CCN(C(=O)OC(C)(C)C)C4)(C(=O)O)C[C@H](O)[C@H]2NC(C)=O)cc1C. The Morgan fingerprint density at radius 2 is 1.74 bits per heavy atom. The molecular weight excluding hydrogens is 694 g/mol. The first-order chi connectivity index (χ1) is 24.7. The molecule has 3 aliphatic heterocycles. The number of ether oxygens (including phenoxy) is 3. The van der Waals surface area contributed by atoms with Gasteiger partial charge < -0.3 is 55.5 Å². The highest BCUT2D eigenvalue weighted by atomic mass is 16.6. The van der Waals surface area contributed by atoms with Gasteiger partial charge in [-0.1, -0.05) is 0 Å². The van der Waals surface area contributed by atoms with Crippen LogP contribution in [0.5, 0.6) is 0 Å². The van der Waals surface area contributed by atoms with E-state index in [0.717, 1.165) is 0 Å². The standard InChI is InChI=1S/C36H55N5O12/c1-20-14-23(15-21(2)26(20)31(47)37-7)30(46)38-17-25(44)28(45)29-27(39-22(3)42)24(43)16-36(52-29,32(48)49)9-11-41-12-13-51-19-35(41)8-10-40(18-35)33(50)53-34(4,5)6/h14-15,24-25,27-29,43-45H,8-13,16-19H2,1-7H3,(H,37,47)(H,38,46)(H,39,42)(H,48,49)/t24-,25+,27+,28+,29+,35-,36+/m0/s1. The van der Waals surface area contributed by atoms with Crippen molar-refractivity contribution in [3.05, 3.63) is 34.4 Å². The van der Waals surface area contributed by atoms with E-state index in [4.69, 9.17) is 14.2 Å². The molecule has 0 saturated carbocycles. The molecular formula is C36H55N5O12. The van der Waals surface area contributed by atoms with Gasteiger partial charge in [-0.05, 0) is 64.3 Å². The average molecular weight is 750 g/mol. The summed E-state index contributed by atoms with van der Waals surface area (Å²) in [6.45, 7) is 11.4. The van der Waals surface area contributed by atoms with Crippen LogP contribution in [0.15, 0.2) is 12.1 Å². The number of likely N-dealkylation sites (tertiary alicyclic amines) is 1. The minimum Gasteiger partial charge on any atom is -0.479 e. The highest BCUT2D eigenvalue weighted by Gasteiger charge is 2.55. The number of carbonyl (C=O) groups is 5. The van der Waals surface area contributed by atoms with E-state index in [1.165, 1.54) is 26.1 Å². The zero-order valence-electron chi connectivity index (χ0n) is 31.6. The van der Waals surface area contributed by atoms with Crippen molar-refractivity contribution >= 4 is 29.8 Å². The van der Waals surface area contributed by atoms with E-state index in [2.05, 4.69) is 20.9 Å². The molecule has 4 rings (SSSR count). The first-order valence-corrected chi connectivity index (χ1v) is 17.9. The highest BCUT2D eigenvalue weighted by Crippen LogP contribution is 2.38. The summed E-state index contributed by atoms with van der Waals surface area (Å²) in [6.07, 6.45) is -7.18. The van der Waals surface area contributed by atoms with Gasteiger partial charge in [0.05, 0.1) is 37.0 Å². The Kier molecular flexibility index (Phi) is 13.2. The lowest BCUT2D eigenvalue weighted by atomic mass is 9.81. The van der Waals surface area contributed by atoms with E-state index in [1.807, 2.05) is 0 Å². The molecule has 1 spiro atoms. The van der Waals surface area contributed by atoms with Crippen LogP contribution in [0.4, 0.5) is 4.79 Å². The van der Waals surface area contributed by atoms with Gasteiger partial charge in [-0.25, -0.2) is 9.59 Å². The molecule has 0 radical (unpaired) electrons. The molecule has 1 aromatic carbocycles. The number of nitrogens with zero attached hydrogens (tertiary/aromatic N) is 2. The maximum absolute atomic E-state index is 13.1. The van der Waals surface area contributed by atoms with E-state index < -0.39 is 84.0 Å². The van der Waals surface area contributed by atoms with Crippen molar-refractivity contribution in [2.75, 3.05) is 53.0 Å². The summed E-state index contributed by atoms with van der Waals surface area (Å²) < 4.78 is 17.5. The number of aryl methyl sites for hydroxylation is 2. The van der Waals surface area contributed by atoms with Crippen LogP contribution in [0.3, 0.4) is 0 Å². The van der Waals surface area contributed by atoms with Crippen LogP contribution < -0.4 is 16.0 Å². The second-order valence-corrected chi connectivity index (χ2v) is 15.4. The summed E-state index contributed by atoms with van der Waals surface area (Å²) in [7, 11) is 1.50. The quantitative estimate of drug-likeness (QED) is 0.154. The summed E-state index contributed by atoms with van der Waals surface area (Å²) in [6, 6.07) is 1.74. The molecule has 3 saturated heterocycles. The molecule has 3 heterocycles. The number of aliphatic carboxylic acids is 1. The van der Waals surface area contributed by atoms with Crippen LogP contribution in [-0.4, -0.2) is 160 Å². The Bertz CT molecular complexity index is 1530.